The molecule has 1 aliphatic carbocycles. The van der Waals surface area contributed by atoms with Crippen LogP contribution < -0.4 is 5.73 Å². The molecule has 3 nitrogen and oxygen atoms in total. The summed E-state index contributed by atoms with van der Waals surface area (Å²) in [7, 11) is 0. The topological polar surface area (TPSA) is 46.3 Å². The molecule has 1 aromatic rings. The SMILES string of the molecule is CCCN(Cc1ccc(F)cc1)C(=O)C1CCCCC1(C)N. The molecule has 1 saturated carbocycles. The second-order valence-electron chi connectivity index (χ2n) is 6.69. The first-order valence-corrected chi connectivity index (χ1v) is 8.26. The van der Waals surface area contributed by atoms with E-state index in [1.165, 1.54) is 12.1 Å². The number of benzene rings is 1. The Morgan fingerprint density at radius 2 is 2.05 bits per heavy atom. The zero-order valence-corrected chi connectivity index (χ0v) is 13.6. The summed E-state index contributed by atoms with van der Waals surface area (Å²) in [6.45, 7) is 5.30. The van der Waals surface area contributed by atoms with Gasteiger partial charge in [0.25, 0.3) is 0 Å². The average molecular weight is 306 g/mol. The highest BCUT2D eigenvalue weighted by atomic mass is 19.1. The number of carbonyl (C=O) groups is 1. The highest BCUT2D eigenvalue weighted by Crippen LogP contribution is 2.33. The maximum Gasteiger partial charge on any atom is 0.227 e. The lowest BCUT2D eigenvalue weighted by Gasteiger charge is -2.40. The minimum absolute atomic E-state index is 0.103. The molecule has 0 aliphatic heterocycles. The third-order valence-corrected chi connectivity index (χ3v) is 4.64. The number of rotatable bonds is 5. The Labute approximate surface area is 132 Å². The van der Waals surface area contributed by atoms with Gasteiger partial charge in [-0.3, -0.25) is 4.79 Å². The van der Waals surface area contributed by atoms with Gasteiger partial charge in [0.05, 0.1) is 5.92 Å². The van der Waals surface area contributed by atoms with Crippen LogP contribution in [-0.4, -0.2) is 22.9 Å². The molecule has 1 fully saturated rings. The Morgan fingerprint density at radius 1 is 1.36 bits per heavy atom. The summed E-state index contributed by atoms with van der Waals surface area (Å²) in [5.41, 5.74) is 6.92. The number of hydrogen-bond acceptors (Lipinski definition) is 2. The number of hydrogen-bond donors (Lipinski definition) is 1. The lowest BCUT2D eigenvalue weighted by Crippen LogP contribution is -2.53. The molecular formula is C18H27FN2O. The van der Waals surface area contributed by atoms with Gasteiger partial charge in [-0.25, -0.2) is 4.39 Å². The summed E-state index contributed by atoms with van der Waals surface area (Å²) >= 11 is 0. The number of halogens is 1. The van der Waals surface area contributed by atoms with E-state index in [1.54, 1.807) is 12.1 Å². The van der Waals surface area contributed by atoms with Crippen LogP contribution >= 0.6 is 0 Å². The van der Waals surface area contributed by atoms with Crippen molar-refractivity contribution in [3.63, 3.8) is 0 Å². The maximum absolute atomic E-state index is 13.0. The molecule has 1 aromatic carbocycles. The highest BCUT2D eigenvalue weighted by molar-refractivity contribution is 5.80. The van der Waals surface area contributed by atoms with E-state index < -0.39 is 5.54 Å². The molecule has 2 rings (SSSR count). The molecule has 0 heterocycles. The van der Waals surface area contributed by atoms with Crippen molar-refractivity contribution in [2.75, 3.05) is 6.54 Å². The Morgan fingerprint density at radius 3 is 2.64 bits per heavy atom. The zero-order chi connectivity index (χ0) is 16.2. The minimum Gasteiger partial charge on any atom is -0.338 e. The van der Waals surface area contributed by atoms with Crippen molar-refractivity contribution in [2.24, 2.45) is 11.7 Å². The Kier molecular flexibility index (Phi) is 5.57. The standard InChI is InChI=1S/C18H27FN2O/c1-3-12-21(13-14-7-9-15(19)10-8-14)17(22)16-6-4-5-11-18(16,2)20/h7-10,16H,3-6,11-13,20H2,1-2H3. The van der Waals surface area contributed by atoms with Crippen molar-refractivity contribution in [2.45, 2.75) is 58.0 Å². The summed E-state index contributed by atoms with van der Waals surface area (Å²) in [4.78, 5) is 14.8. The molecule has 0 bridgehead atoms. The first-order chi connectivity index (χ1) is 10.4. The van der Waals surface area contributed by atoms with Crippen LogP contribution in [0.4, 0.5) is 4.39 Å². The smallest absolute Gasteiger partial charge is 0.227 e. The van der Waals surface area contributed by atoms with E-state index in [1.807, 2.05) is 11.8 Å². The van der Waals surface area contributed by atoms with Gasteiger partial charge >= 0.3 is 0 Å². The number of nitrogens with two attached hydrogens (primary N) is 1. The molecular weight excluding hydrogens is 279 g/mol. The molecule has 2 atom stereocenters. The van der Waals surface area contributed by atoms with E-state index >= 15 is 0 Å². The van der Waals surface area contributed by atoms with Gasteiger partial charge in [-0.1, -0.05) is 31.9 Å². The molecule has 0 spiro atoms. The largest absolute Gasteiger partial charge is 0.338 e. The van der Waals surface area contributed by atoms with Gasteiger partial charge in [-0.2, -0.15) is 0 Å². The fourth-order valence-corrected chi connectivity index (χ4v) is 3.33. The van der Waals surface area contributed by atoms with Crippen LogP contribution in [0, 0.1) is 11.7 Å². The van der Waals surface area contributed by atoms with Gasteiger partial charge in [0, 0.05) is 18.6 Å². The van der Waals surface area contributed by atoms with Crippen molar-refractivity contribution in [1.82, 2.24) is 4.90 Å². The van der Waals surface area contributed by atoms with E-state index in [9.17, 15) is 9.18 Å². The fraction of sp³-hybridized carbons (Fsp3) is 0.611. The summed E-state index contributed by atoms with van der Waals surface area (Å²) in [5.74, 6) is -0.206. The molecule has 2 unspecified atom stereocenters. The molecule has 1 aliphatic rings. The van der Waals surface area contributed by atoms with Crippen LogP contribution in [0.2, 0.25) is 0 Å². The van der Waals surface area contributed by atoms with E-state index in [-0.39, 0.29) is 17.6 Å². The quantitative estimate of drug-likeness (QED) is 0.905. The fourth-order valence-electron chi connectivity index (χ4n) is 3.33. The van der Waals surface area contributed by atoms with E-state index in [4.69, 9.17) is 5.73 Å². The van der Waals surface area contributed by atoms with Crippen molar-refractivity contribution in [3.8, 4) is 0 Å². The summed E-state index contributed by atoms with van der Waals surface area (Å²) in [5, 5.41) is 0. The Bertz CT molecular complexity index is 498. The van der Waals surface area contributed by atoms with Crippen molar-refractivity contribution in [3.05, 3.63) is 35.6 Å². The normalized spacial score (nSPS) is 25.0. The van der Waals surface area contributed by atoms with E-state index in [0.29, 0.717) is 13.1 Å². The second-order valence-corrected chi connectivity index (χ2v) is 6.69. The summed E-state index contributed by atoms with van der Waals surface area (Å²) < 4.78 is 13.0. The van der Waals surface area contributed by atoms with Gasteiger partial charge in [0.15, 0.2) is 0 Å². The van der Waals surface area contributed by atoms with Gasteiger partial charge in [0.2, 0.25) is 5.91 Å². The first kappa shape index (κ1) is 16.9. The highest BCUT2D eigenvalue weighted by Gasteiger charge is 2.39. The number of carbonyl (C=O) groups excluding carboxylic acids is 1. The van der Waals surface area contributed by atoms with Gasteiger partial charge in [-0.05, 0) is 43.9 Å². The molecule has 22 heavy (non-hydrogen) atoms. The molecule has 0 aromatic heterocycles. The third kappa shape index (κ3) is 4.07. The summed E-state index contributed by atoms with van der Waals surface area (Å²) in [6.07, 6.45) is 4.85. The molecule has 0 radical (unpaired) electrons. The molecule has 1 amide bonds. The molecule has 122 valence electrons. The predicted molar refractivity (Wildman–Crippen MR) is 86.7 cm³/mol. The lowest BCUT2D eigenvalue weighted by molar-refractivity contribution is -0.139. The lowest BCUT2D eigenvalue weighted by atomic mass is 9.74. The van der Waals surface area contributed by atoms with Gasteiger partial charge < -0.3 is 10.6 Å². The third-order valence-electron chi connectivity index (χ3n) is 4.64. The molecule has 2 N–H and O–H groups in total. The van der Waals surface area contributed by atoms with Crippen LogP contribution in [0.15, 0.2) is 24.3 Å². The minimum atomic E-state index is -0.413. The Hall–Kier alpha value is -1.42. The monoisotopic (exact) mass is 306 g/mol. The van der Waals surface area contributed by atoms with Crippen LogP contribution in [0.1, 0.15) is 51.5 Å². The first-order valence-electron chi connectivity index (χ1n) is 8.26. The van der Waals surface area contributed by atoms with Crippen molar-refractivity contribution in [1.29, 1.82) is 0 Å². The molecule has 0 saturated heterocycles. The summed E-state index contributed by atoms with van der Waals surface area (Å²) in [6, 6.07) is 6.37. The predicted octanol–water partition coefficient (Wildman–Crippen LogP) is 3.47. The van der Waals surface area contributed by atoms with Crippen LogP contribution in [0.3, 0.4) is 0 Å². The number of nitrogens with zero attached hydrogens (tertiary/aromatic N) is 1. The maximum atomic E-state index is 13.0. The van der Waals surface area contributed by atoms with Crippen LogP contribution in [-0.2, 0) is 11.3 Å². The van der Waals surface area contributed by atoms with Crippen LogP contribution in [0.5, 0.6) is 0 Å². The van der Waals surface area contributed by atoms with Gasteiger partial charge in [0.1, 0.15) is 5.82 Å². The van der Waals surface area contributed by atoms with Gasteiger partial charge in [-0.15, -0.1) is 0 Å². The van der Waals surface area contributed by atoms with Crippen molar-refractivity contribution < 1.29 is 9.18 Å². The second kappa shape index (κ2) is 7.23. The van der Waals surface area contributed by atoms with Crippen LogP contribution in [0.25, 0.3) is 0 Å². The number of amides is 1. The van der Waals surface area contributed by atoms with Crippen molar-refractivity contribution >= 4 is 5.91 Å². The average Bonchev–Trinajstić information content (AvgIpc) is 2.48. The van der Waals surface area contributed by atoms with E-state index in [0.717, 1.165) is 37.7 Å². The zero-order valence-electron chi connectivity index (χ0n) is 13.6. The Balaban J connectivity index is 2.12. The molecule has 4 heteroatoms. The van der Waals surface area contributed by atoms with E-state index in [2.05, 4.69) is 6.92 Å².